The Morgan fingerprint density at radius 1 is 0.318 bits per heavy atom. The number of unbranched alkanes of at least 4 members (excludes halogenated alkanes) is 18. The maximum Gasteiger partial charge on any atom is 0.306 e. The molecule has 0 aromatic heterocycles. The van der Waals surface area contributed by atoms with Crippen LogP contribution < -0.4 is 0 Å². The van der Waals surface area contributed by atoms with Gasteiger partial charge in [-0.15, -0.1) is 0 Å². The van der Waals surface area contributed by atoms with Crippen molar-refractivity contribution in [1.29, 1.82) is 0 Å². The first-order chi connectivity index (χ1) is 32.5. The SMILES string of the molecule is CC/C=C\C/C=C\C/C=C\C/C=C\C/C=C\CCCCCCCCCC(=O)OCC(COC(=O)CCCCCCCC)OC(=O)CCCCCCCC/C=C\C/C=C\C/C=C\C/C=C\CC. The van der Waals surface area contributed by atoms with Gasteiger partial charge in [-0.3, -0.25) is 14.4 Å². The number of carbonyl (C=O) groups excluding carboxylic acids is 3. The molecule has 0 saturated carbocycles. The second-order valence-electron chi connectivity index (χ2n) is 17.4. The number of allylic oxidation sites excluding steroid dienone is 18. The second-order valence-corrected chi connectivity index (χ2v) is 17.4. The minimum absolute atomic E-state index is 0.0892. The van der Waals surface area contributed by atoms with Crippen LogP contribution in [0.25, 0.3) is 0 Å². The van der Waals surface area contributed by atoms with Gasteiger partial charge in [-0.1, -0.05) is 220 Å². The Kier molecular flexibility index (Phi) is 50.5. The van der Waals surface area contributed by atoms with E-state index in [4.69, 9.17) is 14.2 Å². The third-order valence-corrected chi connectivity index (χ3v) is 11.0. The van der Waals surface area contributed by atoms with E-state index in [2.05, 4.69) is 130 Å². The van der Waals surface area contributed by atoms with Gasteiger partial charge in [-0.25, -0.2) is 0 Å². The molecular weight excluding hydrogens is 817 g/mol. The smallest absolute Gasteiger partial charge is 0.306 e. The van der Waals surface area contributed by atoms with Gasteiger partial charge < -0.3 is 14.2 Å². The normalized spacial score (nSPS) is 13.0. The number of ether oxygens (including phenoxy) is 3. The first-order valence-corrected chi connectivity index (χ1v) is 26.9. The Hall–Kier alpha value is -3.93. The lowest BCUT2D eigenvalue weighted by Crippen LogP contribution is -2.30. The molecule has 0 heterocycles. The van der Waals surface area contributed by atoms with Crippen LogP contribution in [0, 0.1) is 0 Å². The molecule has 6 nitrogen and oxygen atoms in total. The zero-order valence-electron chi connectivity index (χ0n) is 42.7. The summed E-state index contributed by atoms with van der Waals surface area (Å²) < 4.78 is 16.7. The molecule has 0 bridgehead atoms. The van der Waals surface area contributed by atoms with Crippen LogP contribution in [-0.4, -0.2) is 37.2 Å². The Balaban J connectivity index is 4.25. The quantitative estimate of drug-likeness (QED) is 0.0262. The standard InChI is InChI=1S/C60H98O6/c1-4-7-10-13-16-18-20-22-24-26-28-29-30-31-33-34-36-38-40-42-44-47-50-53-59(62)65-56-57(55-64-58(61)52-49-46-15-12-9-6-3)66-60(63)54-51-48-45-43-41-39-37-35-32-27-25-23-21-19-17-14-11-8-5-2/h7-8,10-11,16-19,22-25,28-29,31-33,35,57H,4-6,9,12-15,20-21,26-27,30,34,36-56H2,1-3H3/b10-7-,11-8-,18-16-,19-17-,24-22-,25-23-,29-28-,33-31-,35-32-. The molecule has 0 saturated heterocycles. The Labute approximate surface area is 406 Å². The minimum Gasteiger partial charge on any atom is -0.462 e. The van der Waals surface area contributed by atoms with Crippen LogP contribution in [0.2, 0.25) is 0 Å². The van der Waals surface area contributed by atoms with Gasteiger partial charge in [0, 0.05) is 19.3 Å². The lowest BCUT2D eigenvalue weighted by atomic mass is 10.1. The van der Waals surface area contributed by atoms with Crippen molar-refractivity contribution in [2.24, 2.45) is 0 Å². The van der Waals surface area contributed by atoms with E-state index in [1.807, 2.05) is 0 Å². The second kappa shape index (κ2) is 53.7. The van der Waals surface area contributed by atoms with Crippen molar-refractivity contribution in [3.05, 3.63) is 109 Å². The first-order valence-electron chi connectivity index (χ1n) is 26.9. The van der Waals surface area contributed by atoms with Crippen molar-refractivity contribution in [1.82, 2.24) is 0 Å². The van der Waals surface area contributed by atoms with Gasteiger partial charge in [0.05, 0.1) is 0 Å². The van der Waals surface area contributed by atoms with E-state index in [1.165, 1.54) is 57.8 Å². The zero-order valence-corrected chi connectivity index (χ0v) is 42.7. The fourth-order valence-corrected chi connectivity index (χ4v) is 7.05. The summed E-state index contributed by atoms with van der Waals surface area (Å²) in [7, 11) is 0. The third-order valence-electron chi connectivity index (χ3n) is 11.0. The van der Waals surface area contributed by atoms with E-state index in [-0.39, 0.29) is 31.1 Å². The molecule has 0 aliphatic rings. The third kappa shape index (κ3) is 51.1. The number of carbonyl (C=O) groups is 3. The van der Waals surface area contributed by atoms with E-state index in [9.17, 15) is 14.4 Å². The number of hydrogen-bond acceptors (Lipinski definition) is 6. The number of hydrogen-bond donors (Lipinski definition) is 0. The molecule has 0 radical (unpaired) electrons. The highest BCUT2D eigenvalue weighted by Crippen LogP contribution is 2.14. The van der Waals surface area contributed by atoms with Crippen LogP contribution in [-0.2, 0) is 28.6 Å². The summed E-state index contributed by atoms with van der Waals surface area (Å²) in [4.78, 5) is 37.8. The van der Waals surface area contributed by atoms with E-state index in [1.54, 1.807) is 0 Å². The van der Waals surface area contributed by atoms with E-state index < -0.39 is 6.10 Å². The highest BCUT2D eigenvalue weighted by molar-refractivity contribution is 5.71. The lowest BCUT2D eigenvalue weighted by molar-refractivity contribution is -0.167. The molecule has 1 atom stereocenters. The molecule has 0 aliphatic heterocycles. The van der Waals surface area contributed by atoms with Crippen LogP contribution in [0.15, 0.2) is 109 Å². The minimum atomic E-state index is -0.789. The van der Waals surface area contributed by atoms with Crippen LogP contribution in [0.1, 0.15) is 233 Å². The summed E-state index contributed by atoms with van der Waals surface area (Å²) in [6, 6.07) is 0. The average Bonchev–Trinajstić information content (AvgIpc) is 3.31. The zero-order chi connectivity index (χ0) is 47.9. The molecule has 0 aliphatic carbocycles. The molecule has 6 heteroatoms. The van der Waals surface area contributed by atoms with Crippen LogP contribution in [0.5, 0.6) is 0 Å². The van der Waals surface area contributed by atoms with Crippen molar-refractivity contribution in [2.75, 3.05) is 13.2 Å². The van der Waals surface area contributed by atoms with E-state index in [0.29, 0.717) is 19.3 Å². The Bertz CT molecular complexity index is 1370. The fraction of sp³-hybridized carbons (Fsp3) is 0.650. The topological polar surface area (TPSA) is 78.9 Å². The summed E-state index contributed by atoms with van der Waals surface area (Å²) in [6.45, 7) is 6.32. The van der Waals surface area contributed by atoms with Crippen molar-refractivity contribution >= 4 is 17.9 Å². The van der Waals surface area contributed by atoms with E-state index >= 15 is 0 Å². The monoisotopic (exact) mass is 915 g/mol. The molecule has 0 amide bonds. The highest BCUT2D eigenvalue weighted by Gasteiger charge is 2.19. The van der Waals surface area contributed by atoms with Gasteiger partial charge >= 0.3 is 17.9 Å². The van der Waals surface area contributed by atoms with Crippen molar-refractivity contribution in [3.8, 4) is 0 Å². The van der Waals surface area contributed by atoms with Gasteiger partial charge in [0.1, 0.15) is 13.2 Å². The van der Waals surface area contributed by atoms with Gasteiger partial charge in [-0.2, -0.15) is 0 Å². The fourth-order valence-electron chi connectivity index (χ4n) is 7.05. The van der Waals surface area contributed by atoms with Gasteiger partial charge in [0.25, 0.3) is 0 Å². The van der Waals surface area contributed by atoms with Crippen molar-refractivity contribution < 1.29 is 28.6 Å². The van der Waals surface area contributed by atoms with Gasteiger partial charge in [0.15, 0.2) is 6.10 Å². The predicted octanol–water partition coefficient (Wildman–Crippen LogP) is 17.9. The molecule has 66 heavy (non-hydrogen) atoms. The molecule has 0 aromatic rings. The first kappa shape index (κ1) is 62.1. The largest absolute Gasteiger partial charge is 0.462 e. The van der Waals surface area contributed by atoms with Crippen LogP contribution in [0.4, 0.5) is 0 Å². The van der Waals surface area contributed by atoms with E-state index in [0.717, 1.165) is 135 Å². The van der Waals surface area contributed by atoms with Crippen LogP contribution in [0.3, 0.4) is 0 Å². The predicted molar refractivity (Wildman–Crippen MR) is 283 cm³/mol. The molecule has 0 spiro atoms. The Morgan fingerprint density at radius 2 is 0.591 bits per heavy atom. The molecule has 374 valence electrons. The van der Waals surface area contributed by atoms with Crippen LogP contribution >= 0.6 is 0 Å². The number of esters is 3. The van der Waals surface area contributed by atoms with Crippen molar-refractivity contribution in [3.63, 3.8) is 0 Å². The Morgan fingerprint density at radius 3 is 0.924 bits per heavy atom. The molecule has 0 rings (SSSR count). The highest BCUT2D eigenvalue weighted by atomic mass is 16.6. The molecule has 0 aromatic carbocycles. The maximum absolute atomic E-state index is 12.8. The molecular formula is C60H98O6. The summed E-state index contributed by atoms with van der Waals surface area (Å²) in [5.74, 6) is -0.928. The molecule has 1 unspecified atom stereocenters. The summed E-state index contributed by atoms with van der Waals surface area (Å²) in [5.41, 5.74) is 0. The maximum atomic E-state index is 12.8. The van der Waals surface area contributed by atoms with Gasteiger partial charge in [0.2, 0.25) is 0 Å². The average molecular weight is 915 g/mol. The summed E-state index contributed by atoms with van der Waals surface area (Å²) >= 11 is 0. The number of rotatable bonds is 47. The summed E-state index contributed by atoms with van der Waals surface area (Å²) in [6.07, 6.45) is 72.4. The van der Waals surface area contributed by atoms with Gasteiger partial charge in [-0.05, 0) is 103 Å². The lowest BCUT2D eigenvalue weighted by Gasteiger charge is -2.18. The van der Waals surface area contributed by atoms with Crippen molar-refractivity contribution in [2.45, 2.75) is 239 Å². The summed E-state index contributed by atoms with van der Waals surface area (Å²) in [5, 5.41) is 0. The molecule has 0 fully saturated rings. The molecule has 0 N–H and O–H groups in total.